The highest BCUT2D eigenvalue weighted by Crippen LogP contribution is 2.43. The summed E-state index contributed by atoms with van der Waals surface area (Å²) in [5, 5.41) is 0. The van der Waals surface area contributed by atoms with Crippen molar-refractivity contribution < 1.29 is 4.57 Å². The maximum atomic E-state index is 5.03. The largest absolute Gasteiger partial charge is 0.280 e. The predicted molar refractivity (Wildman–Crippen MR) is 149 cm³/mol. The molecule has 2 heteroatoms. The Hall–Kier alpha value is -4.04. The number of pyridine rings is 1. The molecule has 2 aliphatic rings. The van der Waals surface area contributed by atoms with Crippen LogP contribution in [-0.2, 0) is 6.42 Å². The molecule has 0 N–H and O–H groups in total. The van der Waals surface area contributed by atoms with Gasteiger partial charge in [0, 0.05) is 35.6 Å². The summed E-state index contributed by atoms with van der Waals surface area (Å²) < 4.78 is 2.48. The average Bonchev–Trinajstić information content (AvgIpc) is 2.96. The van der Waals surface area contributed by atoms with Gasteiger partial charge in [0.05, 0.1) is 12.3 Å². The number of aromatic nitrogens is 1. The molecule has 0 spiro atoms. The molecule has 2 atom stereocenters. The summed E-state index contributed by atoms with van der Waals surface area (Å²) in [6, 6.07) is 33.2. The van der Waals surface area contributed by atoms with Gasteiger partial charge < -0.3 is 0 Å². The summed E-state index contributed by atoms with van der Waals surface area (Å²) >= 11 is 0. The van der Waals surface area contributed by atoms with Crippen molar-refractivity contribution in [1.82, 2.24) is 0 Å². The van der Waals surface area contributed by atoms with E-state index < -0.39 is 0 Å². The van der Waals surface area contributed by atoms with Gasteiger partial charge in [-0.05, 0) is 64.9 Å². The number of aryl methyl sites for hydroxylation is 1. The van der Waals surface area contributed by atoms with Crippen molar-refractivity contribution in [3.8, 4) is 22.4 Å². The fourth-order valence-electron chi connectivity index (χ4n) is 5.99. The normalized spacial score (nSPS) is 20.4. The van der Waals surface area contributed by atoms with Crippen LogP contribution < -0.4 is 4.57 Å². The molecule has 2 unspecified atom stereocenters. The maximum absolute atomic E-state index is 5.03. The van der Waals surface area contributed by atoms with Crippen LogP contribution in [0.4, 0.5) is 0 Å². The third-order valence-electron chi connectivity index (χ3n) is 7.73. The molecule has 0 saturated heterocycles. The summed E-state index contributed by atoms with van der Waals surface area (Å²) in [5.74, 6) is 0.407. The van der Waals surface area contributed by atoms with E-state index in [2.05, 4.69) is 115 Å². The van der Waals surface area contributed by atoms with Gasteiger partial charge in [-0.3, -0.25) is 4.99 Å². The van der Waals surface area contributed by atoms with Crippen molar-refractivity contribution in [1.29, 1.82) is 0 Å². The van der Waals surface area contributed by atoms with Crippen molar-refractivity contribution in [2.24, 2.45) is 4.99 Å². The SMILES string of the molecule is C=C/C1=N/CC(=C)CC2C(CCc3ccc(-c4ccccc4)cc31)c1ccccc1-c1cccc[n+]12. The highest BCUT2D eigenvalue weighted by molar-refractivity contribution is 6.10. The Morgan fingerprint density at radius 2 is 1.64 bits per heavy atom. The van der Waals surface area contributed by atoms with Crippen molar-refractivity contribution in [3.05, 3.63) is 139 Å². The molecule has 6 rings (SSSR count). The summed E-state index contributed by atoms with van der Waals surface area (Å²) in [6.45, 7) is 9.22. The fourth-order valence-corrected chi connectivity index (χ4v) is 5.99. The van der Waals surface area contributed by atoms with E-state index in [-0.39, 0.29) is 0 Å². The van der Waals surface area contributed by atoms with Crippen LogP contribution in [0, 0.1) is 0 Å². The number of rotatable bonds is 2. The first kappa shape index (κ1) is 22.4. The molecule has 0 saturated carbocycles. The first-order chi connectivity index (χ1) is 17.7. The van der Waals surface area contributed by atoms with E-state index in [0.29, 0.717) is 18.5 Å². The Morgan fingerprint density at radius 3 is 2.50 bits per heavy atom. The highest BCUT2D eigenvalue weighted by atomic mass is 15.0. The second kappa shape index (κ2) is 9.54. The van der Waals surface area contributed by atoms with Crippen LogP contribution in [0.3, 0.4) is 0 Å². The molecule has 3 aromatic carbocycles. The molecule has 0 bridgehead atoms. The fraction of sp³-hybridized carbons (Fsp3) is 0.176. The smallest absolute Gasteiger partial charge is 0.213 e. The first-order valence-corrected chi connectivity index (χ1v) is 12.8. The molecule has 2 nitrogen and oxygen atoms in total. The summed E-state index contributed by atoms with van der Waals surface area (Å²) in [6.07, 6.45) is 7.13. The Labute approximate surface area is 214 Å². The predicted octanol–water partition coefficient (Wildman–Crippen LogP) is 7.51. The van der Waals surface area contributed by atoms with Gasteiger partial charge in [-0.1, -0.05) is 73.8 Å². The third-order valence-corrected chi connectivity index (χ3v) is 7.73. The van der Waals surface area contributed by atoms with Crippen LogP contribution in [-0.4, -0.2) is 12.3 Å². The molecular formula is C34H31N2+. The lowest BCUT2D eigenvalue weighted by atomic mass is 9.77. The molecule has 36 heavy (non-hydrogen) atoms. The minimum absolute atomic E-state index is 0.330. The molecular weight excluding hydrogens is 436 g/mol. The number of fused-ring (bicyclic) bond motifs is 7. The lowest BCUT2D eigenvalue weighted by Crippen LogP contribution is -2.47. The topological polar surface area (TPSA) is 16.2 Å². The van der Waals surface area contributed by atoms with Crippen LogP contribution in [0.2, 0.25) is 0 Å². The highest BCUT2D eigenvalue weighted by Gasteiger charge is 2.39. The van der Waals surface area contributed by atoms with E-state index in [1.54, 1.807) is 0 Å². The van der Waals surface area contributed by atoms with Gasteiger partial charge >= 0.3 is 0 Å². The second-order valence-corrected chi connectivity index (χ2v) is 9.89. The first-order valence-electron chi connectivity index (χ1n) is 12.8. The number of aliphatic imine (C=N–C) groups is 1. The number of hydrogen-bond donors (Lipinski definition) is 0. The Morgan fingerprint density at radius 1 is 0.833 bits per heavy atom. The van der Waals surface area contributed by atoms with Gasteiger partial charge in [0.15, 0.2) is 12.2 Å². The third kappa shape index (κ3) is 4.03. The minimum atomic E-state index is 0.330. The molecule has 1 aromatic heterocycles. The quantitative estimate of drug-likeness (QED) is 0.214. The molecule has 0 amide bonds. The number of nitrogens with zero attached hydrogens (tertiary/aromatic N) is 2. The minimum Gasteiger partial charge on any atom is -0.280 e. The zero-order valence-corrected chi connectivity index (χ0v) is 20.6. The van der Waals surface area contributed by atoms with Crippen LogP contribution in [0.15, 0.2) is 127 Å². The van der Waals surface area contributed by atoms with E-state index in [9.17, 15) is 0 Å². The Kier molecular flexibility index (Phi) is 5.95. The van der Waals surface area contributed by atoms with Crippen LogP contribution in [0.1, 0.15) is 41.5 Å². The van der Waals surface area contributed by atoms with E-state index in [4.69, 9.17) is 4.99 Å². The van der Waals surface area contributed by atoms with Crippen molar-refractivity contribution in [2.75, 3.05) is 6.54 Å². The Balaban J connectivity index is 1.47. The lowest BCUT2D eigenvalue weighted by molar-refractivity contribution is -0.718. The van der Waals surface area contributed by atoms with Gasteiger partial charge in [0.25, 0.3) is 0 Å². The van der Waals surface area contributed by atoms with E-state index in [1.165, 1.54) is 39.1 Å². The van der Waals surface area contributed by atoms with Crippen LogP contribution >= 0.6 is 0 Å². The zero-order valence-electron chi connectivity index (χ0n) is 20.6. The maximum Gasteiger partial charge on any atom is 0.213 e. The number of hydrogen-bond acceptors (Lipinski definition) is 1. The monoisotopic (exact) mass is 467 g/mol. The molecule has 0 fully saturated rings. The molecule has 176 valence electrons. The van der Waals surface area contributed by atoms with E-state index in [1.807, 2.05) is 6.08 Å². The number of benzene rings is 3. The van der Waals surface area contributed by atoms with Crippen molar-refractivity contribution >= 4 is 5.71 Å². The zero-order chi connectivity index (χ0) is 24.5. The molecule has 4 aromatic rings. The number of allylic oxidation sites excluding steroid dienone is 1. The Bertz CT molecular complexity index is 1480. The summed E-state index contributed by atoms with van der Waals surface area (Å²) in [7, 11) is 0. The van der Waals surface area contributed by atoms with Gasteiger partial charge in [-0.25, -0.2) is 0 Å². The molecule has 2 aliphatic heterocycles. The molecule has 0 aliphatic carbocycles. The van der Waals surface area contributed by atoms with Gasteiger partial charge in [0.2, 0.25) is 5.69 Å². The summed E-state index contributed by atoms with van der Waals surface area (Å²) in [5.41, 5.74) is 11.2. The second-order valence-electron chi connectivity index (χ2n) is 9.89. The van der Waals surface area contributed by atoms with Crippen LogP contribution in [0.25, 0.3) is 22.4 Å². The standard InChI is InChI=1S/C34H31N2/c1-3-32-31-22-27(25-11-5-4-6-12-25)17-16-26(31)18-19-30-28-13-7-8-14-29(28)33-15-9-10-20-36(33)34(30)21-24(2)23-35-32/h3-17,20,22,30,34H,1-2,18-19,21,23H2/q+1/b35-32-. The lowest BCUT2D eigenvalue weighted by Gasteiger charge is -2.31. The van der Waals surface area contributed by atoms with E-state index >= 15 is 0 Å². The summed E-state index contributed by atoms with van der Waals surface area (Å²) in [4.78, 5) is 5.03. The van der Waals surface area contributed by atoms with Crippen molar-refractivity contribution in [2.45, 2.75) is 31.2 Å². The van der Waals surface area contributed by atoms with Gasteiger partial charge in [-0.15, -0.1) is 0 Å². The average molecular weight is 468 g/mol. The molecule has 3 heterocycles. The van der Waals surface area contributed by atoms with E-state index in [0.717, 1.165) is 30.5 Å². The van der Waals surface area contributed by atoms with Gasteiger partial charge in [0.1, 0.15) is 0 Å². The molecule has 0 radical (unpaired) electrons. The van der Waals surface area contributed by atoms with Crippen molar-refractivity contribution in [3.63, 3.8) is 0 Å². The van der Waals surface area contributed by atoms with Crippen LogP contribution in [0.5, 0.6) is 0 Å². The van der Waals surface area contributed by atoms with Gasteiger partial charge in [-0.2, -0.15) is 4.57 Å².